The first-order valence-corrected chi connectivity index (χ1v) is 8.16. The van der Waals surface area contributed by atoms with Gasteiger partial charge in [0.15, 0.2) is 0 Å². The van der Waals surface area contributed by atoms with Crippen molar-refractivity contribution in [3.63, 3.8) is 0 Å². The van der Waals surface area contributed by atoms with Crippen LogP contribution >= 0.6 is 0 Å². The number of nitrogens with one attached hydrogen (secondary N) is 2. The molecule has 1 aliphatic heterocycles. The number of aromatic nitrogens is 5. The quantitative estimate of drug-likeness (QED) is 0.750. The molecule has 8 nitrogen and oxygen atoms in total. The molecule has 130 valence electrons. The minimum atomic E-state index is -0.396. The van der Waals surface area contributed by atoms with Gasteiger partial charge in [-0.15, -0.1) is 10.2 Å². The number of likely N-dealkylation sites (tertiary alicyclic amines) is 1. The average molecular weight is 344 g/mol. The Kier molecular flexibility index (Phi) is 4.14. The van der Waals surface area contributed by atoms with Crippen LogP contribution in [0.5, 0.6) is 0 Å². The van der Waals surface area contributed by atoms with E-state index in [0.717, 1.165) is 25.8 Å². The summed E-state index contributed by atoms with van der Waals surface area (Å²) in [6.07, 6.45) is 2.93. The normalized spacial score (nSPS) is 18.5. The summed E-state index contributed by atoms with van der Waals surface area (Å²) in [6, 6.07) is 6.23. The molecule has 0 aliphatic carbocycles. The fourth-order valence-electron chi connectivity index (χ4n) is 3.15. The maximum Gasteiger partial charge on any atom is 0.340 e. The molecule has 1 saturated heterocycles. The summed E-state index contributed by atoms with van der Waals surface area (Å²) in [4.78, 5) is 16.0. The summed E-state index contributed by atoms with van der Waals surface area (Å²) in [7, 11) is 0. The third-order valence-electron chi connectivity index (χ3n) is 4.35. The highest BCUT2D eigenvalue weighted by molar-refractivity contribution is 5.53. The molecule has 0 amide bonds. The number of hydrogen-bond donors (Lipinski definition) is 2. The predicted molar refractivity (Wildman–Crippen MR) is 85.9 cm³/mol. The molecule has 1 atom stereocenters. The molecule has 2 N–H and O–H groups in total. The van der Waals surface area contributed by atoms with Gasteiger partial charge in [-0.1, -0.05) is 18.6 Å². The van der Waals surface area contributed by atoms with Gasteiger partial charge in [0, 0.05) is 0 Å². The standard InChI is InChI=1S/C16H17FN6O2/c17-11-6-2-1-5-10(11)14-20-21-15(25-14)12-7-3-4-8-23(12)9-13-18-16(24)22-19-13/h1-2,5-6,12H,3-4,7-9H2,(H2,18,19,22,24)/t12-/m0/s1. The number of hydrogen-bond acceptors (Lipinski definition) is 6. The maximum atomic E-state index is 13.9. The van der Waals surface area contributed by atoms with Gasteiger partial charge in [0.1, 0.15) is 11.6 Å². The highest BCUT2D eigenvalue weighted by atomic mass is 19.1. The van der Waals surface area contributed by atoms with Gasteiger partial charge in [-0.05, 0) is 31.5 Å². The van der Waals surface area contributed by atoms with E-state index in [1.165, 1.54) is 6.07 Å². The summed E-state index contributed by atoms with van der Waals surface area (Å²) in [6.45, 7) is 1.30. The topological polar surface area (TPSA) is 104 Å². The van der Waals surface area contributed by atoms with E-state index in [0.29, 0.717) is 23.8 Å². The second-order valence-corrected chi connectivity index (χ2v) is 6.03. The van der Waals surface area contributed by atoms with Gasteiger partial charge in [-0.2, -0.15) is 5.10 Å². The lowest BCUT2D eigenvalue weighted by molar-refractivity contribution is 0.115. The zero-order valence-electron chi connectivity index (χ0n) is 13.4. The van der Waals surface area contributed by atoms with Crippen LogP contribution in [0.1, 0.15) is 37.0 Å². The Morgan fingerprint density at radius 1 is 1.28 bits per heavy atom. The number of halogens is 1. The Balaban J connectivity index is 1.58. The largest absolute Gasteiger partial charge is 0.419 e. The van der Waals surface area contributed by atoms with Crippen LogP contribution in [0.2, 0.25) is 0 Å². The molecule has 0 spiro atoms. The first-order chi connectivity index (χ1) is 12.2. The Labute approximate surface area is 142 Å². The van der Waals surface area contributed by atoms with Crippen molar-refractivity contribution in [3.05, 3.63) is 52.3 Å². The van der Waals surface area contributed by atoms with Gasteiger partial charge in [0.05, 0.1) is 18.2 Å². The molecule has 0 bridgehead atoms. The highest BCUT2D eigenvalue weighted by Gasteiger charge is 2.29. The van der Waals surface area contributed by atoms with Gasteiger partial charge in [-0.25, -0.2) is 14.3 Å². The summed E-state index contributed by atoms with van der Waals surface area (Å²) in [5, 5.41) is 14.4. The Hall–Kier alpha value is -2.81. The lowest BCUT2D eigenvalue weighted by atomic mass is 10.0. The van der Waals surface area contributed by atoms with Crippen molar-refractivity contribution in [2.24, 2.45) is 0 Å². The van der Waals surface area contributed by atoms with Crippen LogP contribution in [0, 0.1) is 5.82 Å². The second kappa shape index (κ2) is 6.60. The molecule has 0 unspecified atom stereocenters. The van der Waals surface area contributed by atoms with E-state index in [1.807, 2.05) is 0 Å². The summed E-state index contributed by atoms with van der Waals surface area (Å²) in [5.74, 6) is 0.792. The Morgan fingerprint density at radius 3 is 2.96 bits per heavy atom. The first-order valence-electron chi connectivity index (χ1n) is 8.16. The molecule has 25 heavy (non-hydrogen) atoms. The monoisotopic (exact) mass is 344 g/mol. The fourth-order valence-corrected chi connectivity index (χ4v) is 3.15. The highest BCUT2D eigenvalue weighted by Crippen LogP contribution is 2.32. The molecule has 0 radical (unpaired) electrons. The smallest absolute Gasteiger partial charge is 0.340 e. The van der Waals surface area contributed by atoms with E-state index in [2.05, 4.69) is 30.3 Å². The van der Waals surface area contributed by atoms with Crippen molar-refractivity contribution in [2.75, 3.05) is 6.54 Å². The molecule has 1 aromatic carbocycles. The molecular weight excluding hydrogens is 327 g/mol. The average Bonchev–Trinajstić information content (AvgIpc) is 3.25. The predicted octanol–water partition coefficient (Wildman–Crippen LogP) is 2.01. The second-order valence-electron chi connectivity index (χ2n) is 6.03. The van der Waals surface area contributed by atoms with E-state index in [-0.39, 0.29) is 17.6 Å². The van der Waals surface area contributed by atoms with E-state index in [4.69, 9.17) is 4.42 Å². The number of H-pyrrole nitrogens is 2. The third kappa shape index (κ3) is 3.22. The van der Waals surface area contributed by atoms with Crippen molar-refractivity contribution >= 4 is 0 Å². The molecule has 9 heteroatoms. The van der Waals surface area contributed by atoms with Gasteiger partial charge >= 0.3 is 5.69 Å². The number of aromatic amines is 2. The van der Waals surface area contributed by atoms with Crippen molar-refractivity contribution in [1.29, 1.82) is 0 Å². The van der Waals surface area contributed by atoms with Crippen LogP contribution in [0.15, 0.2) is 33.5 Å². The van der Waals surface area contributed by atoms with Crippen LogP contribution in [0.3, 0.4) is 0 Å². The van der Waals surface area contributed by atoms with E-state index >= 15 is 0 Å². The van der Waals surface area contributed by atoms with Crippen LogP contribution in [-0.4, -0.2) is 36.8 Å². The molecular formula is C16H17FN6O2. The zero-order chi connectivity index (χ0) is 17.2. The molecule has 0 saturated carbocycles. The fraction of sp³-hybridized carbons (Fsp3) is 0.375. The first kappa shape index (κ1) is 15.7. The molecule has 1 fully saturated rings. The molecule has 4 rings (SSSR count). The van der Waals surface area contributed by atoms with Crippen molar-refractivity contribution in [1.82, 2.24) is 30.3 Å². The van der Waals surface area contributed by atoms with E-state index < -0.39 is 5.82 Å². The minimum absolute atomic E-state index is 0.0815. The zero-order valence-corrected chi connectivity index (χ0v) is 13.4. The lowest BCUT2D eigenvalue weighted by Gasteiger charge is -2.32. The number of nitrogens with zero attached hydrogens (tertiary/aromatic N) is 4. The number of piperidine rings is 1. The Morgan fingerprint density at radius 2 is 2.16 bits per heavy atom. The molecule has 3 heterocycles. The third-order valence-corrected chi connectivity index (χ3v) is 4.35. The number of benzene rings is 1. The molecule has 2 aromatic heterocycles. The van der Waals surface area contributed by atoms with E-state index in [1.54, 1.807) is 18.2 Å². The van der Waals surface area contributed by atoms with Gasteiger partial charge in [-0.3, -0.25) is 9.88 Å². The lowest BCUT2D eigenvalue weighted by Crippen LogP contribution is -2.33. The van der Waals surface area contributed by atoms with E-state index in [9.17, 15) is 9.18 Å². The van der Waals surface area contributed by atoms with Crippen molar-refractivity contribution < 1.29 is 8.81 Å². The minimum Gasteiger partial charge on any atom is -0.419 e. The maximum absolute atomic E-state index is 13.9. The van der Waals surface area contributed by atoms with Crippen LogP contribution in [0.25, 0.3) is 11.5 Å². The Bertz CT molecular complexity index is 917. The van der Waals surface area contributed by atoms with Gasteiger partial charge < -0.3 is 4.42 Å². The summed E-state index contributed by atoms with van der Waals surface area (Å²) < 4.78 is 19.7. The van der Waals surface area contributed by atoms with Gasteiger partial charge in [0.25, 0.3) is 5.89 Å². The van der Waals surface area contributed by atoms with Crippen LogP contribution in [-0.2, 0) is 6.54 Å². The van der Waals surface area contributed by atoms with Crippen LogP contribution in [0.4, 0.5) is 4.39 Å². The van der Waals surface area contributed by atoms with Gasteiger partial charge in [0.2, 0.25) is 5.89 Å². The number of rotatable bonds is 4. The SMILES string of the molecule is O=c1[nH]nc(CN2CCCC[C@H]2c2nnc(-c3ccccc3F)o2)[nH]1. The summed E-state index contributed by atoms with van der Waals surface area (Å²) in [5.41, 5.74) is -0.0385. The summed E-state index contributed by atoms with van der Waals surface area (Å²) >= 11 is 0. The molecule has 1 aliphatic rings. The van der Waals surface area contributed by atoms with Crippen LogP contribution < -0.4 is 5.69 Å². The van der Waals surface area contributed by atoms with Crippen molar-refractivity contribution in [3.8, 4) is 11.5 Å². The van der Waals surface area contributed by atoms with Crippen molar-refractivity contribution in [2.45, 2.75) is 31.8 Å². The molecule has 3 aromatic rings.